The highest BCUT2D eigenvalue weighted by atomic mass is 16.5. The molecule has 2 aromatic heterocycles. The predicted octanol–water partition coefficient (Wildman–Crippen LogP) is 2.90. The summed E-state index contributed by atoms with van der Waals surface area (Å²) >= 11 is 0. The van der Waals surface area contributed by atoms with Gasteiger partial charge in [-0.1, -0.05) is 13.0 Å². The summed E-state index contributed by atoms with van der Waals surface area (Å²) in [7, 11) is 0. The minimum atomic E-state index is -0.375. The van der Waals surface area contributed by atoms with Crippen LogP contribution in [-0.4, -0.2) is 33.2 Å². The van der Waals surface area contributed by atoms with E-state index < -0.39 is 0 Å². The first kappa shape index (κ1) is 17.5. The number of aromatic hydroxyl groups is 1. The largest absolute Gasteiger partial charge is 0.507 e. The fourth-order valence-electron chi connectivity index (χ4n) is 2.54. The number of aromatic nitrogens is 2. The zero-order valence-electron chi connectivity index (χ0n) is 14.6. The van der Waals surface area contributed by atoms with Crippen LogP contribution in [0.2, 0.25) is 0 Å². The standard InChI is InChI=1S/C19H20N4O3/c1-3-10-26-15-8-7-14(16(24)11-15)12-20-22-19(25)18-13(2)21-17-6-4-5-9-23(17)18/h4-9,11-12,24H,3,10H2,1-2H3,(H,22,25)/b20-12+. The van der Waals surface area contributed by atoms with Gasteiger partial charge in [0.25, 0.3) is 5.91 Å². The Balaban J connectivity index is 1.72. The molecule has 0 saturated carbocycles. The summed E-state index contributed by atoms with van der Waals surface area (Å²) in [5.74, 6) is 0.245. The summed E-state index contributed by atoms with van der Waals surface area (Å²) in [4.78, 5) is 16.8. The number of hydrogen-bond donors (Lipinski definition) is 2. The second-order valence-electron chi connectivity index (χ2n) is 5.74. The van der Waals surface area contributed by atoms with Crippen LogP contribution in [0.4, 0.5) is 0 Å². The number of imidazole rings is 1. The normalized spacial score (nSPS) is 11.2. The number of ether oxygens (including phenoxy) is 1. The van der Waals surface area contributed by atoms with Gasteiger partial charge in [0.1, 0.15) is 22.8 Å². The fourth-order valence-corrected chi connectivity index (χ4v) is 2.54. The van der Waals surface area contributed by atoms with E-state index in [9.17, 15) is 9.90 Å². The second kappa shape index (κ2) is 7.69. The molecule has 1 amide bonds. The third-order valence-electron chi connectivity index (χ3n) is 3.76. The topological polar surface area (TPSA) is 88.2 Å². The SMILES string of the molecule is CCCOc1ccc(/C=N/NC(=O)c2c(C)nc3ccccn23)c(O)c1. The number of pyridine rings is 1. The molecular weight excluding hydrogens is 332 g/mol. The zero-order chi connectivity index (χ0) is 18.5. The molecule has 0 unspecified atom stereocenters. The van der Waals surface area contributed by atoms with E-state index in [1.807, 2.05) is 25.1 Å². The van der Waals surface area contributed by atoms with Crippen molar-refractivity contribution in [2.45, 2.75) is 20.3 Å². The van der Waals surface area contributed by atoms with Crippen LogP contribution in [-0.2, 0) is 0 Å². The van der Waals surface area contributed by atoms with E-state index in [-0.39, 0.29) is 11.7 Å². The lowest BCUT2D eigenvalue weighted by Crippen LogP contribution is -2.20. The van der Waals surface area contributed by atoms with Crippen LogP contribution in [0, 0.1) is 6.92 Å². The molecule has 0 fully saturated rings. The number of fused-ring (bicyclic) bond motifs is 1. The van der Waals surface area contributed by atoms with Crippen molar-refractivity contribution >= 4 is 17.8 Å². The molecule has 7 heteroatoms. The monoisotopic (exact) mass is 352 g/mol. The van der Waals surface area contributed by atoms with Gasteiger partial charge in [-0.3, -0.25) is 9.20 Å². The number of phenols is 1. The number of carbonyl (C=O) groups excluding carboxylic acids is 1. The van der Waals surface area contributed by atoms with Crippen LogP contribution in [0.3, 0.4) is 0 Å². The first-order chi connectivity index (χ1) is 12.6. The predicted molar refractivity (Wildman–Crippen MR) is 98.9 cm³/mol. The summed E-state index contributed by atoms with van der Waals surface area (Å²) in [6, 6.07) is 10.5. The third-order valence-corrected chi connectivity index (χ3v) is 3.76. The molecule has 3 rings (SSSR count). The quantitative estimate of drug-likeness (QED) is 0.527. The summed E-state index contributed by atoms with van der Waals surface area (Å²) in [5.41, 5.74) is 4.68. The minimum Gasteiger partial charge on any atom is -0.507 e. The average Bonchev–Trinajstić information content (AvgIpc) is 2.97. The summed E-state index contributed by atoms with van der Waals surface area (Å²) in [5, 5.41) is 14.0. The van der Waals surface area contributed by atoms with Crippen molar-refractivity contribution in [3.8, 4) is 11.5 Å². The van der Waals surface area contributed by atoms with Crippen molar-refractivity contribution in [1.82, 2.24) is 14.8 Å². The van der Waals surface area contributed by atoms with E-state index in [0.717, 1.165) is 6.42 Å². The van der Waals surface area contributed by atoms with Gasteiger partial charge >= 0.3 is 0 Å². The van der Waals surface area contributed by atoms with Gasteiger partial charge in [0.15, 0.2) is 0 Å². The Morgan fingerprint density at radius 1 is 1.38 bits per heavy atom. The van der Waals surface area contributed by atoms with E-state index in [2.05, 4.69) is 15.5 Å². The molecule has 3 aromatic rings. The van der Waals surface area contributed by atoms with Gasteiger partial charge in [0.05, 0.1) is 18.5 Å². The first-order valence-corrected chi connectivity index (χ1v) is 8.33. The summed E-state index contributed by atoms with van der Waals surface area (Å²) < 4.78 is 7.16. The fraction of sp³-hybridized carbons (Fsp3) is 0.211. The minimum absolute atomic E-state index is 0.0302. The highest BCUT2D eigenvalue weighted by Gasteiger charge is 2.15. The van der Waals surface area contributed by atoms with Crippen LogP contribution >= 0.6 is 0 Å². The lowest BCUT2D eigenvalue weighted by Gasteiger charge is -2.06. The third kappa shape index (κ3) is 3.66. The number of benzene rings is 1. The summed E-state index contributed by atoms with van der Waals surface area (Å²) in [6.45, 7) is 4.36. The molecule has 0 spiro atoms. The Morgan fingerprint density at radius 2 is 2.23 bits per heavy atom. The average molecular weight is 352 g/mol. The summed E-state index contributed by atoms with van der Waals surface area (Å²) in [6.07, 6.45) is 4.04. The number of carbonyl (C=O) groups is 1. The molecule has 0 saturated heterocycles. The molecule has 2 heterocycles. The number of aryl methyl sites for hydroxylation is 1. The van der Waals surface area contributed by atoms with Crippen molar-refractivity contribution in [1.29, 1.82) is 0 Å². The molecule has 26 heavy (non-hydrogen) atoms. The van der Waals surface area contributed by atoms with Crippen LogP contribution in [0.1, 0.15) is 35.1 Å². The molecule has 0 aliphatic rings. The maximum Gasteiger partial charge on any atom is 0.290 e. The van der Waals surface area contributed by atoms with Gasteiger partial charge in [-0.05, 0) is 37.6 Å². The molecule has 0 bridgehead atoms. The van der Waals surface area contributed by atoms with Crippen LogP contribution < -0.4 is 10.2 Å². The number of rotatable bonds is 6. The molecule has 2 N–H and O–H groups in total. The van der Waals surface area contributed by atoms with Gasteiger partial charge in [0, 0.05) is 17.8 Å². The molecule has 0 aliphatic heterocycles. The first-order valence-electron chi connectivity index (χ1n) is 8.33. The highest BCUT2D eigenvalue weighted by molar-refractivity contribution is 5.95. The van der Waals surface area contributed by atoms with Crippen molar-refractivity contribution < 1.29 is 14.6 Å². The van der Waals surface area contributed by atoms with E-state index in [4.69, 9.17) is 4.74 Å². The lowest BCUT2D eigenvalue weighted by molar-refractivity contribution is 0.0948. The molecule has 0 aliphatic carbocycles. The van der Waals surface area contributed by atoms with E-state index in [1.165, 1.54) is 12.3 Å². The van der Waals surface area contributed by atoms with Crippen LogP contribution in [0.5, 0.6) is 11.5 Å². The van der Waals surface area contributed by atoms with Gasteiger partial charge in [0.2, 0.25) is 0 Å². The Kier molecular flexibility index (Phi) is 5.17. The van der Waals surface area contributed by atoms with E-state index in [0.29, 0.717) is 35.0 Å². The lowest BCUT2D eigenvalue weighted by atomic mass is 10.2. The molecule has 134 valence electrons. The molecule has 1 aromatic carbocycles. The zero-order valence-corrected chi connectivity index (χ0v) is 14.6. The molecule has 0 radical (unpaired) electrons. The van der Waals surface area contributed by atoms with E-state index >= 15 is 0 Å². The van der Waals surface area contributed by atoms with Crippen molar-refractivity contribution in [3.63, 3.8) is 0 Å². The van der Waals surface area contributed by atoms with Gasteiger partial charge in [-0.15, -0.1) is 0 Å². The van der Waals surface area contributed by atoms with E-state index in [1.54, 1.807) is 29.7 Å². The second-order valence-corrected chi connectivity index (χ2v) is 5.74. The molecular formula is C19H20N4O3. The van der Waals surface area contributed by atoms with Crippen LogP contribution in [0.15, 0.2) is 47.7 Å². The maximum absolute atomic E-state index is 12.4. The number of hydrogen-bond acceptors (Lipinski definition) is 5. The number of nitrogens with one attached hydrogen (secondary N) is 1. The van der Waals surface area contributed by atoms with Gasteiger partial charge in [-0.2, -0.15) is 5.10 Å². The number of hydrazone groups is 1. The Labute approximate surface area is 151 Å². The Morgan fingerprint density at radius 3 is 3.00 bits per heavy atom. The van der Waals surface area contributed by atoms with Crippen LogP contribution in [0.25, 0.3) is 5.65 Å². The Hall–Kier alpha value is -3.35. The van der Waals surface area contributed by atoms with Crippen molar-refractivity contribution in [2.24, 2.45) is 5.10 Å². The number of amides is 1. The van der Waals surface area contributed by atoms with Crippen molar-refractivity contribution in [2.75, 3.05) is 6.61 Å². The smallest absolute Gasteiger partial charge is 0.290 e. The van der Waals surface area contributed by atoms with Gasteiger partial charge < -0.3 is 9.84 Å². The van der Waals surface area contributed by atoms with Gasteiger partial charge in [-0.25, -0.2) is 10.4 Å². The molecule has 7 nitrogen and oxygen atoms in total. The van der Waals surface area contributed by atoms with Crippen molar-refractivity contribution in [3.05, 3.63) is 59.5 Å². The highest BCUT2D eigenvalue weighted by Crippen LogP contribution is 2.22. The number of nitrogens with zero attached hydrogens (tertiary/aromatic N) is 3. The Bertz CT molecular complexity index is 963. The number of phenolic OH excluding ortho intramolecular Hbond substituents is 1. The molecule has 0 atom stereocenters. The maximum atomic E-state index is 12.4.